The summed E-state index contributed by atoms with van der Waals surface area (Å²) >= 11 is 0. The van der Waals surface area contributed by atoms with Gasteiger partial charge in [-0.15, -0.1) is 0 Å². The standard InChI is InChI=1S/2C7H15NO.H2O4S/c2*1-2-3-7-6-8-4-5-9-7;1-5(2,3)4/h2*7-8H,2-6H2,1H3;(H2,1,2,3,4). The maximum atomic E-state index is 8.74. The fourth-order valence-corrected chi connectivity index (χ4v) is 2.25. The smallest absolute Gasteiger partial charge is 0.376 e. The van der Waals surface area contributed by atoms with Crippen LogP contribution in [0.25, 0.3) is 0 Å². The second-order valence-corrected chi connectivity index (χ2v) is 6.31. The van der Waals surface area contributed by atoms with Gasteiger partial charge in [0, 0.05) is 26.2 Å². The highest BCUT2D eigenvalue weighted by Crippen LogP contribution is 2.03. The average molecular weight is 356 g/mol. The third kappa shape index (κ3) is 17.9. The SMILES string of the molecule is CCCC1CNCCO1.CCCC1CNCCO1.O=S(=O)(O)O. The fraction of sp³-hybridized carbons (Fsp3) is 1.00. The van der Waals surface area contributed by atoms with Crippen LogP contribution in [0, 0.1) is 0 Å². The first-order valence-corrected chi connectivity index (χ1v) is 9.61. The van der Waals surface area contributed by atoms with Gasteiger partial charge in [0.1, 0.15) is 0 Å². The Morgan fingerprint density at radius 2 is 1.26 bits per heavy atom. The molecule has 140 valence electrons. The summed E-state index contributed by atoms with van der Waals surface area (Å²) in [4.78, 5) is 0. The van der Waals surface area contributed by atoms with Gasteiger partial charge in [0.15, 0.2) is 0 Å². The molecule has 2 fully saturated rings. The third-order valence-electron chi connectivity index (χ3n) is 3.23. The lowest BCUT2D eigenvalue weighted by atomic mass is 10.2. The van der Waals surface area contributed by atoms with Gasteiger partial charge in [-0.25, -0.2) is 0 Å². The van der Waals surface area contributed by atoms with Crippen molar-refractivity contribution in [2.75, 3.05) is 39.4 Å². The van der Waals surface area contributed by atoms with Gasteiger partial charge in [-0.1, -0.05) is 26.7 Å². The van der Waals surface area contributed by atoms with Gasteiger partial charge < -0.3 is 20.1 Å². The molecule has 2 saturated heterocycles. The first-order chi connectivity index (χ1) is 10.9. The van der Waals surface area contributed by atoms with E-state index in [-0.39, 0.29) is 0 Å². The Labute approximate surface area is 139 Å². The predicted molar refractivity (Wildman–Crippen MR) is 89.2 cm³/mol. The van der Waals surface area contributed by atoms with E-state index >= 15 is 0 Å². The zero-order valence-electron chi connectivity index (χ0n) is 14.2. The van der Waals surface area contributed by atoms with E-state index in [4.69, 9.17) is 27.0 Å². The van der Waals surface area contributed by atoms with Crippen molar-refractivity contribution in [3.05, 3.63) is 0 Å². The molecule has 0 aliphatic carbocycles. The number of rotatable bonds is 4. The molecule has 9 heteroatoms. The summed E-state index contributed by atoms with van der Waals surface area (Å²) in [5.74, 6) is 0. The van der Waals surface area contributed by atoms with E-state index in [2.05, 4.69) is 24.5 Å². The molecule has 0 bridgehead atoms. The molecule has 2 atom stereocenters. The molecule has 2 unspecified atom stereocenters. The number of hydrogen-bond donors (Lipinski definition) is 4. The summed E-state index contributed by atoms with van der Waals surface area (Å²) in [6, 6.07) is 0. The Bertz CT molecular complexity index is 321. The minimum Gasteiger partial charge on any atom is -0.376 e. The molecule has 0 radical (unpaired) electrons. The summed E-state index contributed by atoms with van der Waals surface area (Å²) in [5.41, 5.74) is 0. The van der Waals surface area contributed by atoms with Crippen molar-refractivity contribution in [1.29, 1.82) is 0 Å². The van der Waals surface area contributed by atoms with Crippen molar-refractivity contribution < 1.29 is 27.0 Å². The minimum absolute atomic E-state index is 0.490. The Balaban J connectivity index is 0.000000332. The third-order valence-corrected chi connectivity index (χ3v) is 3.23. The van der Waals surface area contributed by atoms with Crippen LogP contribution in [0.15, 0.2) is 0 Å². The van der Waals surface area contributed by atoms with Crippen molar-refractivity contribution >= 4 is 10.4 Å². The van der Waals surface area contributed by atoms with Crippen LogP contribution in [0.4, 0.5) is 0 Å². The van der Waals surface area contributed by atoms with E-state index in [0.717, 1.165) is 39.4 Å². The molecule has 2 aliphatic heterocycles. The first-order valence-electron chi connectivity index (χ1n) is 8.21. The average Bonchev–Trinajstić information content (AvgIpc) is 2.49. The molecule has 2 aliphatic rings. The molecule has 2 rings (SSSR count). The zero-order valence-corrected chi connectivity index (χ0v) is 15.0. The molecule has 2 heterocycles. The molecule has 0 aromatic carbocycles. The molecule has 0 spiro atoms. The van der Waals surface area contributed by atoms with Crippen LogP contribution >= 0.6 is 0 Å². The number of ether oxygens (including phenoxy) is 2. The van der Waals surface area contributed by atoms with Crippen LogP contribution in [-0.4, -0.2) is 69.1 Å². The molecule has 0 saturated carbocycles. The van der Waals surface area contributed by atoms with Crippen molar-refractivity contribution in [2.45, 2.75) is 51.7 Å². The number of hydrogen-bond acceptors (Lipinski definition) is 6. The zero-order chi connectivity index (χ0) is 17.6. The van der Waals surface area contributed by atoms with Crippen LogP contribution in [0.3, 0.4) is 0 Å². The van der Waals surface area contributed by atoms with Crippen LogP contribution in [0.2, 0.25) is 0 Å². The quantitative estimate of drug-likeness (QED) is 0.549. The minimum atomic E-state index is -4.67. The highest BCUT2D eigenvalue weighted by atomic mass is 32.3. The lowest BCUT2D eigenvalue weighted by molar-refractivity contribution is 0.0231. The highest BCUT2D eigenvalue weighted by Gasteiger charge is 2.11. The second-order valence-electron chi connectivity index (χ2n) is 5.42. The van der Waals surface area contributed by atoms with E-state index in [1.165, 1.54) is 25.7 Å². The predicted octanol–water partition coefficient (Wildman–Crippen LogP) is 0.897. The van der Waals surface area contributed by atoms with Gasteiger partial charge in [-0.05, 0) is 12.8 Å². The molecule has 23 heavy (non-hydrogen) atoms. The fourth-order valence-electron chi connectivity index (χ4n) is 2.25. The van der Waals surface area contributed by atoms with Crippen molar-refractivity contribution in [3.63, 3.8) is 0 Å². The van der Waals surface area contributed by atoms with E-state index in [0.29, 0.717) is 12.2 Å². The summed E-state index contributed by atoms with van der Waals surface area (Å²) in [5, 5.41) is 6.59. The highest BCUT2D eigenvalue weighted by molar-refractivity contribution is 7.79. The van der Waals surface area contributed by atoms with Crippen molar-refractivity contribution in [3.8, 4) is 0 Å². The van der Waals surface area contributed by atoms with E-state index < -0.39 is 10.4 Å². The Morgan fingerprint density at radius 3 is 1.48 bits per heavy atom. The summed E-state index contributed by atoms with van der Waals surface area (Å²) < 4.78 is 42.5. The topological polar surface area (TPSA) is 117 Å². The van der Waals surface area contributed by atoms with Gasteiger partial charge in [0.05, 0.1) is 25.4 Å². The van der Waals surface area contributed by atoms with Crippen molar-refractivity contribution in [1.82, 2.24) is 10.6 Å². The van der Waals surface area contributed by atoms with E-state index in [9.17, 15) is 0 Å². The second kappa shape index (κ2) is 14.1. The maximum absolute atomic E-state index is 8.74. The lowest BCUT2D eigenvalue weighted by Crippen LogP contribution is -2.38. The monoisotopic (exact) mass is 356 g/mol. The Hall–Kier alpha value is -0.290. The Morgan fingerprint density at radius 1 is 0.913 bits per heavy atom. The van der Waals surface area contributed by atoms with Crippen LogP contribution in [0.1, 0.15) is 39.5 Å². The number of morpholine rings is 2. The van der Waals surface area contributed by atoms with Crippen LogP contribution < -0.4 is 10.6 Å². The first kappa shape index (κ1) is 22.7. The number of nitrogens with one attached hydrogen (secondary N) is 2. The molecule has 0 amide bonds. The summed E-state index contributed by atoms with van der Waals surface area (Å²) in [6.07, 6.45) is 5.84. The molecular weight excluding hydrogens is 324 g/mol. The molecule has 4 N–H and O–H groups in total. The van der Waals surface area contributed by atoms with E-state index in [1.54, 1.807) is 0 Å². The summed E-state index contributed by atoms with van der Waals surface area (Å²) in [6.45, 7) is 10.3. The Kier molecular flexibility index (Phi) is 13.9. The maximum Gasteiger partial charge on any atom is 0.394 e. The van der Waals surface area contributed by atoms with Crippen molar-refractivity contribution in [2.24, 2.45) is 0 Å². The van der Waals surface area contributed by atoms with E-state index in [1.807, 2.05) is 0 Å². The van der Waals surface area contributed by atoms with Gasteiger partial charge in [0.25, 0.3) is 0 Å². The largest absolute Gasteiger partial charge is 0.394 e. The molecule has 8 nitrogen and oxygen atoms in total. The van der Waals surface area contributed by atoms with Gasteiger partial charge in [0.2, 0.25) is 0 Å². The molecular formula is C14H32N2O6S. The van der Waals surface area contributed by atoms with Gasteiger partial charge in [-0.2, -0.15) is 8.42 Å². The summed E-state index contributed by atoms with van der Waals surface area (Å²) in [7, 11) is -4.67. The lowest BCUT2D eigenvalue weighted by Gasteiger charge is -2.22. The molecule has 0 aromatic heterocycles. The van der Waals surface area contributed by atoms with Gasteiger partial charge in [-0.3, -0.25) is 9.11 Å². The normalized spacial score (nSPS) is 24.7. The van der Waals surface area contributed by atoms with Crippen LogP contribution in [-0.2, 0) is 19.9 Å². The molecule has 0 aromatic rings. The van der Waals surface area contributed by atoms with Crippen LogP contribution in [0.5, 0.6) is 0 Å². The van der Waals surface area contributed by atoms with Gasteiger partial charge >= 0.3 is 10.4 Å².